The Morgan fingerprint density at radius 2 is 2.11 bits per heavy atom. The molecule has 2 N–H and O–H groups in total. The molecule has 3 aliphatic heterocycles. The van der Waals surface area contributed by atoms with Crippen molar-refractivity contribution >= 4 is 22.9 Å². The average Bonchev–Trinajstić information content (AvgIpc) is 3.11. The summed E-state index contributed by atoms with van der Waals surface area (Å²) < 4.78 is 36.4. The van der Waals surface area contributed by atoms with E-state index in [0.717, 1.165) is 10.4 Å². The SMILES string of the molecule is O=C1NCCN2CC(F)(F)C(C3[C@H]4COC[C@@H]34)c3c(-c4cn[nH]c4)sc1c32. The van der Waals surface area contributed by atoms with Gasteiger partial charge in [0.05, 0.1) is 37.6 Å². The van der Waals surface area contributed by atoms with Crippen LogP contribution in [0.5, 0.6) is 0 Å². The van der Waals surface area contributed by atoms with Crippen LogP contribution in [-0.2, 0) is 4.74 Å². The van der Waals surface area contributed by atoms with Gasteiger partial charge in [0.15, 0.2) is 0 Å². The molecule has 1 aliphatic carbocycles. The first-order chi connectivity index (χ1) is 13.1. The van der Waals surface area contributed by atoms with Crippen molar-refractivity contribution in [2.45, 2.75) is 11.8 Å². The van der Waals surface area contributed by atoms with Gasteiger partial charge in [0, 0.05) is 35.3 Å². The summed E-state index contributed by atoms with van der Waals surface area (Å²) in [5.74, 6) is -3.54. The fourth-order valence-corrected chi connectivity index (χ4v) is 6.52. The molecule has 4 aliphatic rings. The number of thiophene rings is 1. The molecule has 0 radical (unpaired) electrons. The lowest BCUT2D eigenvalue weighted by molar-refractivity contribution is -0.0387. The van der Waals surface area contributed by atoms with Crippen LogP contribution < -0.4 is 10.2 Å². The van der Waals surface area contributed by atoms with Gasteiger partial charge < -0.3 is 15.0 Å². The van der Waals surface area contributed by atoms with Crippen molar-refractivity contribution in [1.82, 2.24) is 15.5 Å². The number of anilines is 1. The van der Waals surface area contributed by atoms with Gasteiger partial charge in [-0.3, -0.25) is 9.89 Å². The van der Waals surface area contributed by atoms with E-state index in [1.165, 1.54) is 11.3 Å². The minimum atomic E-state index is -2.84. The maximum atomic E-state index is 15.5. The van der Waals surface area contributed by atoms with Gasteiger partial charge in [-0.15, -0.1) is 11.3 Å². The highest BCUT2D eigenvalue weighted by Gasteiger charge is 2.66. The van der Waals surface area contributed by atoms with E-state index in [-0.39, 0.29) is 30.2 Å². The van der Waals surface area contributed by atoms with Crippen LogP contribution in [-0.4, -0.2) is 54.9 Å². The number of rotatable bonds is 2. The molecule has 27 heavy (non-hydrogen) atoms. The van der Waals surface area contributed by atoms with Crippen LogP contribution in [0.3, 0.4) is 0 Å². The Balaban J connectivity index is 1.59. The molecule has 2 aromatic heterocycles. The summed E-state index contributed by atoms with van der Waals surface area (Å²) >= 11 is 1.31. The lowest BCUT2D eigenvalue weighted by Gasteiger charge is -2.40. The Kier molecular flexibility index (Phi) is 3.13. The molecule has 0 aromatic carbocycles. The molecule has 2 aromatic rings. The topological polar surface area (TPSA) is 70.2 Å². The highest BCUT2D eigenvalue weighted by molar-refractivity contribution is 7.18. The number of H-pyrrole nitrogens is 1. The number of aromatic amines is 1. The van der Waals surface area contributed by atoms with Gasteiger partial charge in [0.25, 0.3) is 11.8 Å². The second kappa shape index (κ2) is 5.29. The van der Waals surface area contributed by atoms with E-state index >= 15 is 8.78 Å². The average molecular weight is 392 g/mol. The molecule has 2 fully saturated rings. The number of aromatic nitrogens is 2. The van der Waals surface area contributed by atoms with Gasteiger partial charge in [-0.2, -0.15) is 5.10 Å². The fourth-order valence-electron chi connectivity index (χ4n) is 5.25. The molecule has 2 unspecified atom stereocenters. The van der Waals surface area contributed by atoms with Crippen molar-refractivity contribution in [3.63, 3.8) is 0 Å². The number of ether oxygens (including phenoxy) is 1. The number of hydrogen-bond donors (Lipinski definition) is 2. The normalized spacial score (nSPS) is 33.3. The van der Waals surface area contributed by atoms with Crippen molar-refractivity contribution in [1.29, 1.82) is 0 Å². The van der Waals surface area contributed by atoms with Gasteiger partial charge >= 0.3 is 0 Å². The summed E-state index contributed by atoms with van der Waals surface area (Å²) in [6, 6.07) is 0. The molecule has 5 heterocycles. The fraction of sp³-hybridized carbons (Fsp3) is 0.556. The van der Waals surface area contributed by atoms with E-state index in [0.29, 0.717) is 42.4 Å². The van der Waals surface area contributed by atoms with Crippen molar-refractivity contribution in [2.75, 3.05) is 37.7 Å². The quantitative estimate of drug-likeness (QED) is 0.823. The lowest BCUT2D eigenvalue weighted by Crippen LogP contribution is -2.48. The number of alkyl halides is 2. The predicted molar refractivity (Wildman–Crippen MR) is 95.4 cm³/mol. The summed E-state index contributed by atoms with van der Waals surface area (Å²) in [5, 5.41) is 9.61. The molecule has 6 rings (SSSR count). The molecule has 1 amide bonds. The Hall–Kier alpha value is -2.00. The molecule has 0 spiro atoms. The minimum Gasteiger partial charge on any atom is -0.381 e. The van der Waals surface area contributed by atoms with E-state index in [9.17, 15) is 4.79 Å². The molecule has 1 saturated carbocycles. The molecule has 9 heteroatoms. The van der Waals surface area contributed by atoms with Gasteiger partial charge in [-0.05, 0) is 17.8 Å². The van der Waals surface area contributed by atoms with Gasteiger partial charge in [0.2, 0.25) is 0 Å². The number of amides is 1. The second-order valence-electron chi connectivity index (χ2n) is 7.87. The van der Waals surface area contributed by atoms with E-state index < -0.39 is 11.8 Å². The van der Waals surface area contributed by atoms with Crippen LogP contribution in [0, 0.1) is 17.8 Å². The maximum absolute atomic E-state index is 15.5. The van der Waals surface area contributed by atoms with Gasteiger partial charge in [0.1, 0.15) is 4.88 Å². The van der Waals surface area contributed by atoms with Crippen LogP contribution in [0.1, 0.15) is 21.2 Å². The van der Waals surface area contributed by atoms with Gasteiger partial charge in [-0.25, -0.2) is 8.78 Å². The van der Waals surface area contributed by atoms with Gasteiger partial charge in [-0.1, -0.05) is 0 Å². The van der Waals surface area contributed by atoms with E-state index in [2.05, 4.69) is 15.5 Å². The van der Waals surface area contributed by atoms with E-state index in [4.69, 9.17) is 4.74 Å². The summed E-state index contributed by atoms with van der Waals surface area (Å²) in [7, 11) is 0. The molecule has 6 nitrogen and oxygen atoms in total. The van der Waals surface area contributed by atoms with Crippen LogP contribution >= 0.6 is 11.3 Å². The number of nitrogens with zero attached hydrogens (tertiary/aromatic N) is 2. The number of carbonyl (C=O) groups excluding carboxylic acids is 1. The number of fused-ring (bicyclic) bond motifs is 1. The van der Waals surface area contributed by atoms with Crippen LogP contribution in [0.4, 0.5) is 14.5 Å². The highest BCUT2D eigenvalue weighted by atomic mass is 32.1. The van der Waals surface area contributed by atoms with Crippen LogP contribution in [0.25, 0.3) is 10.4 Å². The third kappa shape index (κ3) is 2.12. The standard InChI is InChI=1S/C18H18F2N4O2S/c19-18(20)7-24-2-1-21-17(25)16-14(24)12(15(27-16)8-3-22-23-4-8)13(18)11-9-5-26-6-10(9)11/h3-4,9-11,13H,1-2,5-7H2,(H,21,25)(H,22,23)/t9-,10+,11?,13?. The second-order valence-corrected chi connectivity index (χ2v) is 8.89. The molecular formula is C18H18F2N4O2S. The Labute approximate surface area is 157 Å². The lowest BCUT2D eigenvalue weighted by atomic mass is 9.81. The van der Waals surface area contributed by atoms with E-state index in [1.807, 2.05) is 0 Å². The Morgan fingerprint density at radius 3 is 2.85 bits per heavy atom. The largest absolute Gasteiger partial charge is 0.381 e. The smallest absolute Gasteiger partial charge is 0.272 e. The van der Waals surface area contributed by atoms with Crippen LogP contribution in [0.2, 0.25) is 0 Å². The zero-order chi connectivity index (χ0) is 18.3. The number of nitrogens with one attached hydrogen (secondary N) is 2. The third-order valence-corrected chi connectivity index (χ3v) is 7.68. The zero-order valence-corrected chi connectivity index (χ0v) is 15.2. The summed E-state index contributed by atoms with van der Waals surface area (Å²) in [6.45, 7) is 1.59. The predicted octanol–water partition coefficient (Wildman–Crippen LogP) is 2.31. The maximum Gasteiger partial charge on any atom is 0.272 e. The summed E-state index contributed by atoms with van der Waals surface area (Å²) in [6.07, 6.45) is 3.36. The number of halogens is 2. The highest BCUT2D eigenvalue weighted by Crippen LogP contribution is 2.66. The molecule has 1 saturated heterocycles. The van der Waals surface area contributed by atoms with E-state index in [1.54, 1.807) is 17.3 Å². The van der Waals surface area contributed by atoms with Crippen molar-refractivity contribution < 1.29 is 18.3 Å². The monoisotopic (exact) mass is 392 g/mol. The zero-order valence-electron chi connectivity index (χ0n) is 14.4. The summed E-state index contributed by atoms with van der Waals surface area (Å²) in [4.78, 5) is 15.6. The van der Waals surface area contributed by atoms with Crippen molar-refractivity contribution in [3.05, 3.63) is 22.8 Å². The third-order valence-electron chi connectivity index (χ3n) is 6.44. The Morgan fingerprint density at radius 1 is 1.30 bits per heavy atom. The van der Waals surface area contributed by atoms with Crippen molar-refractivity contribution in [2.24, 2.45) is 17.8 Å². The first-order valence-electron chi connectivity index (χ1n) is 9.21. The summed E-state index contributed by atoms with van der Waals surface area (Å²) in [5.41, 5.74) is 2.12. The molecule has 0 bridgehead atoms. The first kappa shape index (κ1) is 16.0. The van der Waals surface area contributed by atoms with Crippen LogP contribution in [0.15, 0.2) is 12.4 Å². The molecular weight excluding hydrogens is 374 g/mol. The Bertz CT molecular complexity index is 918. The molecule has 4 atom stereocenters. The minimum absolute atomic E-state index is 0.0773. The first-order valence-corrected chi connectivity index (χ1v) is 10.0. The van der Waals surface area contributed by atoms with Crippen molar-refractivity contribution in [3.8, 4) is 10.4 Å². The number of hydrogen-bond acceptors (Lipinski definition) is 5. The molecule has 142 valence electrons. The number of carbonyl (C=O) groups is 1.